The van der Waals surface area contributed by atoms with Crippen molar-refractivity contribution in [1.82, 2.24) is 24.5 Å². The van der Waals surface area contributed by atoms with Crippen molar-refractivity contribution in [2.24, 2.45) is 17.8 Å². The molecule has 3 aliphatic heterocycles. The molecule has 0 aromatic carbocycles. The van der Waals surface area contributed by atoms with Crippen LogP contribution in [0.4, 0.5) is 11.5 Å². The van der Waals surface area contributed by atoms with Gasteiger partial charge in [0.1, 0.15) is 5.82 Å². The second-order valence-electron chi connectivity index (χ2n) is 10.2. The first-order chi connectivity index (χ1) is 16.9. The van der Waals surface area contributed by atoms with Crippen molar-refractivity contribution in [3.05, 3.63) is 47.5 Å². The van der Waals surface area contributed by atoms with E-state index in [2.05, 4.69) is 37.9 Å². The van der Waals surface area contributed by atoms with E-state index in [0.29, 0.717) is 36.7 Å². The summed E-state index contributed by atoms with van der Waals surface area (Å²) in [4.78, 5) is 39.8. The van der Waals surface area contributed by atoms with E-state index in [1.807, 2.05) is 24.1 Å². The maximum absolute atomic E-state index is 13.3. The minimum absolute atomic E-state index is 0.0481. The fourth-order valence-electron chi connectivity index (χ4n) is 5.77. The summed E-state index contributed by atoms with van der Waals surface area (Å²) in [5.41, 5.74) is 2.91. The van der Waals surface area contributed by atoms with Gasteiger partial charge < -0.3 is 19.8 Å². The lowest BCUT2D eigenvalue weighted by molar-refractivity contribution is 0.0689. The molecule has 3 fully saturated rings. The molecular weight excluding hydrogens is 446 g/mol. The molecule has 0 aliphatic carbocycles. The molecule has 3 aliphatic rings. The molecule has 182 valence electrons. The number of carbonyl (C=O) groups excluding carboxylic acids is 1. The maximum atomic E-state index is 13.3. The smallest absolute Gasteiger partial charge is 0.354 e. The van der Waals surface area contributed by atoms with Gasteiger partial charge in [0.15, 0.2) is 11.3 Å². The Hall–Kier alpha value is -3.69. The van der Waals surface area contributed by atoms with Crippen LogP contribution >= 0.6 is 0 Å². The van der Waals surface area contributed by atoms with Crippen LogP contribution in [-0.4, -0.2) is 80.7 Å². The Bertz CT molecular complexity index is 1310. The first kappa shape index (κ1) is 21.8. The van der Waals surface area contributed by atoms with Crippen LogP contribution in [0.25, 0.3) is 5.65 Å². The van der Waals surface area contributed by atoms with Gasteiger partial charge in [-0.15, -0.1) is 5.10 Å². The highest BCUT2D eigenvalue weighted by Crippen LogP contribution is 2.34. The van der Waals surface area contributed by atoms with Gasteiger partial charge in [-0.25, -0.2) is 19.3 Å². The Morgan fingerprint density at radius 3 is 2.49 bits per heavy atom. The van der Waals surface area contributed by atoms with Crippen molar-refractivity contribution in [3.63, 3.8) is 0 Å². The highest BCUT2D eigenvalue weighted by Gasteiger charge is 2.43. The zero-order valence-electron chi connectivity index (χ0n) is 20.0. The Labute approximate surface area is 203 Å². The predicted octanol–water partition coefficient (Wildman–Crippen LogP) is 2.19. The Morgan fingerprint density at radius 1 is 1.03 bits per heavy atom. The van der Waals surface area contributed by atoms with E-state index in [1.165, 1.54) is 12.5 Å². The van der Waals surface area contributed by atoms with E-state index < -0.39 is 5.97 Å². The minimum Gasteiger partial charge on any atom is -0.477 e. The van der Waals surface area contributed by atoms with Crippen molar-refractivity contribution in [3.8, 4) is 0 Å². The third kappa shape index (κ3) is 3.86. The van der Waals surface area contributed by atoms with Gasteiger partial charge in [-0.2, -0.15) is 0 Å². The fourth-order valence-corrected chi connectivity index (χ4v) is 5.77. The normalized spacial score (nSPS) is 23.9. The highest BCUT2D eigenvalue weighted by atomic mass is 16.4. The third-order valence-corrected chi connectivity index (χ3v) is 7.63. The molecular formula is C25H29N7O3. The van der Waals surface area contributed by atoms with E-state index in [9.17, 15) is 14.7 Å². The summed E-state index contributed by atoms with van der Waals surface area (Å²) in [6, 6.07) is 7.21. The SMILES string of the molecule is Cc1cc(N2CCC(C)C2)cn2nc(C(=O)N3CC4CN(c5cccc(C(=O)O)n5)CC4C3)nc12. The van der Waals surface area contributed by atoms with E-state index in [4.69, 9.17) is 0 Å². The fraction of sp³-hybridized carbons (Fsp3) is 0.480. The summed E-state index contributed by atoms with van der Waals surface area (Å²) in [5.74, 6) is 1.08. The predicted molar refractivity (Wildman–Crippen MR) is 130 cm³/mol. The van der Waals surface area contributed by atoms with Gasteiger partial charge in [-0.3, -0.25) is 4.79 Å². The molecule has 3 unspecified atom stereocenters. The van der Waals surface area contributed by atoms with Crippen LogP contribution in [0.1, 0.15) is 40.0 Å². The summed E-state index contributed by atoms with van der Waals surface area (Å²) in [5, 5.41) is 13.8. The van der Waals surface area contributed by atoms with Gasteiger partial charge in [0, 0.05) is 51.1 Å². The highest BCUT2D eigenvalue weighted by molar-refractivity contribution is 5.91. The molecule has 10 nitrogen and oxygen atoms in total. The van der Waals surface area contributed by atoms with Crippen molar-refractivity contribution in [2.75, 3.05) is 49.1 Å². The first-order valence-electron chi connectivity index (χ1n) is 12.2. The largest absolute Gasteiger partial charge is 0.477 e. The zero-order valence-corrected chi connectivity index (χ0v) is 20.0. The van der Waals surface area contributed by atoms with Gasteiger partial charge in [0.2, 0.25) is 5.82 Å². The summed E-state index contributed by atoms with van der Waals surface area (Å²) < 4.78 is 1.75. The van der Waals surface area contributed by atoms with E-state index in [1.54, 1.807) is 10.6 Å². The molecule has 3 aromatic rings. The molecule has 6 rings (SSSR count). The topological polar surface area (TPSA) is 107 Å². The number of fused-ring (bicyclic) bond motifs is 2. The summed E-state index contributed by atoms with van der Waals surface area (Å²) in [6.07, 6.45) is 3.17. The summed E-state index contributed by atoms with van der Waals surface area (Å²) in [6.45, 7) is 9.15. The lowest BCUT2D eigenvalue weighted by Gasteiger charge is -2.22. The second-order valence-corrected chi connectivity index (χ2v) is 10.2. The van der Waals surface area contributed by atoms with E-state index in [0.717, 1.165) is 43.1 Å². The van der Waals surface area contributed by atoms with Crippen LogP contribution in [0.5, 0.6) is 0 Å². The molecule has 0 bridgehead atoms. The number of nitrogens with zero attached hydrogens (tertiary/aromatic N) is 7. The zero-order chi connectivity index (χ0) is 24.3. The standard InChI is InChI=1S/C25H29N7O3/c1-15-6-7-29(9-15)19-8-16(2)23-27-22(28-32(23)14-19)24(33)31-12-17-10-30(11-18(17)13-31)21-5-3-4-20(26-21)25(34)35/h3-5,8,14-15,17-18H,6-7,9-13H2,1-2H3,(H,34,35). The van der Waals surface area contributed by atoms with Crippen molar-refractivity contribution < 1.29 is 14.7 Å². The van der Waals surface area contributed by atoms with Crippen molar-refractivity contribution in [2.45, 2.75) is 20.3 Å². The number of hydrogen-bond donors (Lipinski definition) is 1. The average Bonchev–Trinajstić information content (AvgIpc) is 3.61. The molecule has 3 atom stereocenters. The minimum atomic E-state index is -1.03. The quantitative estimate of drug-likeness (QED) is 0.612. The number of amides is 1. The van der Waals surface area contributed by atoms with Crippen LogP contribution in [0.3, 0.4) is 0 Å². The van der Waals surface area contributed by atoms with Gasteiger partial charge in [0.25, 0.3) is 5.91 Å². The molecule has 3 saturated heterocycles. The lowest BCUT2D eigenvalue weighted by atomic mass is 10.0. The number of pyridine rings is 2. The van der Waals surface area contributed by atoms with Crippen LogP contribution in [-0.2, 0) is 0 Å². The van der Waals surface area contributed by atoms with Gasteiger partial charge >= 0.3 is 5.97 Å². The molecule has 1 amide bonds. The molecule has 10 heteroatoms. The van der Waals surface area contributed by atoms with Gasteiger partial charge in [0.05, 0.1) is 11.9 Å². The molecule has 0 saturated carbocycles. The molecule has 1 N–H and O–H groups in total. The van der Waals surface area contributed by atoms with Gasteiger partial charge in [-0.1, -0.05) is 13.0 Å². The third-order valence-electron chi connectivity index (χ3n) is 7.63. The first-order valence-corrected chi connectivity index (χ1v) is 12.2. The summed E-state index contributed by atoms with van der Waals surface area (Å²) in [7, 11) is 0. The van der Waals surface area contributed by atoms with E-state index in [-0.39, 0.29) is 17.4 Å². The molecule has 35 heavy (non-hydrogen) atoms. The van der Waals surface area contributed by atoms with E-state index >= 15 is 0 Å². The average molecular weight is 476 g/mol. The van der Waals surface area contributed by atoms with Crippen molar-refractivity contribution >= 4 is 29.0 Å². The number of aromatic nitrogens is 4. The number of carbonyl (C=O) groups is 2. The maximum Gasteiger partial charge on any atom is 0.354 e. The van der Waals surface area contributed by atoms with Crippen LogP contribution in [0, 0.1) is 24.7 Å². The molecule has 0 radical (unpaired) electrons. The van der Waals surface area contributed by atoms with Gasteiger partial charge in [-0.05, 0) is 43.0 Å². The molecule has 0 spiro atoms. The Balaban J connectivity index is 1.16. The lowest BCUT2D eigenvalue weighted by Crippen LogP contribution is -2.34. The number of aromatic carboxylic acids is 1. The number of aryl methyl sites for hydroxylation is 1. The Morgan fingerprint density at radius 2 is 1.80 bits per heavy atom. The monoisotopic (exact) mass is 475 g/mol. The number of carboxylic acid groups (broad SMARTS) is 1. The number of anilines is 2. The van der Waals surface area contributed by atoms with Crippen molar-refractivity contribution in [1.29, 1.82) is 0 Å². The Kier molecular flexibility index (Phi) is 5.12. The second kappa shape index (κ2) is 8.21. The molecule has 3 aromatic heterocycles. The van der Waals surface area contributed by atoms with Crippen LogP contribution < -0.4 is 9.80 Å². The number of hydrogen-bond acceptors (Lipinski definition) is 7. The summed E-state index contributed by atoms with van der Waals surface area (Å²) >= 11 is 0. The number of likely N-dealkylation sites (tertiary alicyclic amines) is 1. The molecule has 6 heterocycles. The van der Waals surface area contributed by atoms with Crippen LogP contribution in [0.15, 0.2) is 30.5 Å². The van der Waals surface area contributed by atoms with Crippen LogP contribution in [0.2, 0.25) is 0 Å². The number of carboxylic acids is 1. The number of rotatable bonds is 4.